The number of anilines is 1. The van der Waals surface area contributed by atoms with Crippen LogP contribution in [0.2, 0.25) is 0 Å². The Morgan fingerprint density at radius 1 is 1.14 bits per heavy atom. The van der Waals surface area contributed by atoms with Crippen LogP contribution in [0.25, 0.3) is 0 Å². The average molecular weight is 429 g/mol. The summed E-state index contributed by atoms with van der Waals surface area (Å²) < 4.78 is 24.3. The molecular weight excluding hydrogens is 404 g/mol. The van der Waals surface area contributed by atoms with E-state index in [1.807, 2.05) is 29.2 Å². The van der Waals surface area contributed by atoms with Crippen LogP contribution in [0.15, 0.2) is 59.6 Å². The second-order valence-electron chi connectivity index (χ2n) is 7.54. The summed E-state index contributed by atoms with van der Waals surface area (Å²) in [6.45, 7) is 1.54. The lowest BCUT2D eigenvalue weighted by Gasteiger charge is -2.26. The minimum Gasteiger partial charge on any atom is -0.315 e. The topological polar surface area (TPSA) is 66.8 Å². The maximum atomic E-state index is 12.2. The molecule has 0 N–H and O–H groups in total. The van der Waals surface area contributed by atoms with Gasteiger partial charge in [0.2, 0.25) is 0 Å². The molecule has 0 bridgehead atoms. The number of carbonyl (C=O) groups is 1. The van der Waals surface area contributed by atoms with Gasteiger partial charge in [0.05, 0.1) is 23.6 Å². The fourth-order valence-corrected chi connectivity index (χ4v) is 6.80. The highest BCUT2D eigenvalue weighted by Gasteiger charge is 2.47. The first-order valence-electron chi connectivity index (χ1n) is 9.78. The lowest BCUT2D eigenvalue weighted by atomic mass is 10.1. The Labute approximate surface area is 176 Å². The fourth-order valence-electron chi connectivity index (χ4n) is 3.89. The van der Waals surface area contributed by atoms with Crippen LogP contribution < -0.4 is 4.90 Å². The maximum Gasteiger partial charge on any atom is 0.164 e. The molecule has 0 aromatic heterocycles. The third kappa shape index (κ3) is 4.56. The Morgan fingerprint density at radius 3 is 2.69 bits per heavy atom. The molecule has 2 atom stereocenters. The summed E-state index contributed by atoms with van der Waals surface area (Å²) in [5.41, 5.74) is 2.78. The van der Waals surface area contributed by atoms with Crippen LogP contribution in [0.3, 0.4) is 0 Å². The quantitative estimate of drug-likeness (QED) is 0.520. The van der Waals surface area contributed by atoms with Crippen molar-refractivity contribution in [3.63, 3.8) is 0 Å². The van der Waals surface area contributed by atoms with Crippen molar-refractivity contribution in [1.82, 2.24) is 0 Å². The van der Waals surface area contributed by atoms with Crippen molar-refractivity contribution in [3.05, 3.63) is 65.7 Å². The van der Waals surface area contributed by atoms with E-state index in [1.165, 1.54) is 5.56 Å². The number of amidine groups is 1. The van der Waals surface area contributed by atoms with Gasteiger partial charge in [0.1, 0.15) is 0 Å². The highest BCUT2D eigenvalue weighted by molar-refractivity contribution is 8.14. The second kappa shape index (κ2) is 8.32. The summed E-state index contributed by atoms with van der Waals surface area (Å²) in [4.78, 5) is 18.6. The van der Waals surface area contributed by atoms with Crippen LogP contribution in [0.4, 0.5) is 5.69 Å². The average Bonchev–Trinajstić information content (AvgIpc) is 3.17. The van der Waals surface area contributed by atoms with E-state index in [0.29, 0.717) is 5.56 Å². The predicted molar refractivity (Wildman–Crippen MR) is 120 cm³/mol. The largest absolute Gasteiger partial charge is 0.315 e. The number of rotatable bonds is 6. The van der Waals surface area contributed by atoms with Crippen LogP contribution in [0.1, 0.15) is 29.3 Å². The maximum absolute atomic E-state index is 12.2. The van der Waals surface area contributed by atoms with Crippen LogP contribution in [0, 0.1) is 0 Å². The van der Waals surface area contributed by atoms with Gasteiger partial charge < -0.3 is 4.90 Å². The van der Waals surface area contributed by atoms with Gasteiger partial charge in [-0.15, -0.1) is 0 Å². The van der Waals surface area contributed by atoms with E-state index in [0.717, 1.165) is 29.4 Å². The summed E-state index contributed by atoms with van der Waals surface area (Å²) in [6.07, 6.45) is 2.02. The molecule has 2 heterocycles. The van der Waals surface area contributed by atoms with Gasteiger partial charge in [-0.2, -0.15) is 0 Å². The van der Waals surface area contributed by atoms with Crippen LogP contribution in [-0.2, 0) is 16.3 Å². The monoisotopic (exact) mass is 428 g/mol. The third-order valence-corrected chi connectivity index (χ3v) is 8.07. The zero-order valence-corrected chi connectivity index (χ0v) is 18.0. The number of sulfone groups is 1. The molecule has 0 spiro atoms. The van der Waals surface area contributed by atoms with Crippen molar-refractivity contribution in [3.8, 4) is 0 Å². The zero-order chi connectivity index (χ0) is 20.4. The lowest BCUT2D eigenvalue weighted by molar-refractivity contribution is 0.101. The van der Waals surface area contributed by atoms with Crippen LogP contribution >= 0.6 is 11.8 Å². The number of Topliss-reactive ketones (excluding diaryl/α,β-unsaturated/α-hetero) is 1. The SMILES string of the molecule is CC(=O)c1cccc(N2C(SCCCc3ccccc3)=N[C@@H]3CS(=O)(=O)C[C@@H]32)c1. The van der Waals surface area contributed by atoms with Gasteiger partial charge in [0, 0.05) is 17.0 Å². The number of carbonyl (C=O) groups excluding carboxylic acids is 1. The van der Waals surface area contributed by atoms with Crippen molar-refractivity contribution >= 4 is 38.2 Å². The smallest absolute Gasteiger partial charge is 0.164 e. The second-order valence-corrected chi connectivity index (χ2v) is 10.8. The molecule has 2 aromatic rings. The fraction of sp³-hybridized carbons (Fsp3) is 0.364. The minimum atomic E-state index is -3.08. The molecule has 2 aliphatic heterocycles. The molecule has 0 radical (unpaired) electrons. The Bertz CT molecular complexity index is 1040. The first-order valence-corrected chi connectivity index (χ1v) is 12.6. The highest BCUT2D eigenvalue weighted by atomic mass is 32.2. The van der Waals surface area contributed by atoms with Crippen molar-refractivity contribution in [2.75, 3.05) is 22.2 Å². The number of thioether (sulfide) groups is 1. The van der Waals surface area contributed by atoms with E-state index < -0.39 is 9.84 Å². The molecule has 1 saturated heterocycles. The van der Waals surface area contributed by atoms with Gasteiger partial charge in [-0.25, -0.2) is 8.42 Å². The summed E-state index contributed by atoms with van der Waals surface area (Å²) in [5.74, 6) is 1.12. The van der Waals surface area contributed by atoms with Crippen LogP contribution in [0.5, 0.6) is 0 Å². The van der Waals surface area contributed by atoms with Gasteiger partial charge in [-0.3, -0.25) is 9.79 Å². The Balaban J connectivity index is 1.51. The molecule has 0 amide bonds. The van der Waals surface area contributed by atoms with E-state index in [2.05, 4.69) is 24.3 Å². The van der Waals surface area contributed by atoms with E-state index in [4.69, 9.17) is 4.99 Å². The Morgan fingerprint density at radius 2 is 1.93 bits per heavy atom. The molecule has 0 aliphatic carbocycles. The Kier molecular flexibility index (Phi) is 5.79. The predicted octanol–water partition coefficient (Wildman–Crippen LogP) is 3.60. The van der Waals surface area contributed by atoms with Gasteiger partial charge in [0.15, 0.2) is 20.8 Å². The number of ketones is 1. The van der Waals surface area contributed by atoms with Crippen molar-refractivity contribution in [2.24, 2.45) is 4.99 Å². The number of benzene rings is 2. The summed E-state index contributed by atoms with van der Waals surface area (Å²) in [7, 11) is -3.08. The number of hydrogen-bond acceptors (Lipinski definition) is 6. The summed E-state index contributed by atoms with van der Waals surface area (Å²) in [5, 5.41) is 0.865. The molecular formula is C22H24N2O3S2. The molecule has 0 saturated carbocycles. The molecule has 0 unspecified atom stereocenters. The number of fused-ring (bicyclic) bond motifs is 1. The standard InChI is InChI=1S/C22H24N2O3S2/c1-16(25)18-10-5-11-19(13-18)24-21-15-29(26,27)14-20(21)23-22(24)28-12-6-9-17-7-3-2-4-8-17/h2-5,7-8,10-11,13,20-21H,6,9,12,14-15H2,1H3/t20-,21+/m1/s1. The first kappa shape index (κ1) is 20.2. The van der Waals surface area contributed by atoms with Gasteiger partial charge in [-0.1, -0.05) is 54.2 Å². The van der Waals surface area contributed by atoms with E-state index in [9.17, 15) is 13.2 Å². The number of aryl methyl sites for hydroxylation is 1. The molecule has 1 fully saturated rings. The molecule has 7 heteroatoms. The highest BCUT2D eigenvalue weighted by Crippen LogP contribution is 2.35. The number of hydrogen-bond donors (Lipinski definition) is 0. The number of nitrogens with zero attached hydrogens (tertiary/aromatic N) is 2. The summed E-state index contributed by atoms with van der Waals surface area (Å²) in [6, 6.07) is 17.4. The lowest BCUT2D eigenvalue weighted by Crippen LogP contribution is -2.39. The minimum absolute atomic E-state index is 0.00403. The molecule has 5 nitrogen and oxygen atoms in total. The number of aliphatic imine (C=N–C) groups is 1. The van der Waals surface area contributed by atoms with Crippen LogP contribution in [-0.4, -0.2) is 48.7 Å². The zero-order valence-electron chi connectivity index (χ0n) is 16.3. The van der Waals surface area contributed by atoms with Crippen molar-refractivity contribution in [1.29, 1.82) is 0 Å². The summed E-state index contributed by atoms with van der Waals surface area (Å²) >= 11 is 1.67. The molecule has 4 rings (SSSR count). The van der Waals surface area contributed by atoms with E-state index in [-0.39, 0.29) is 29.4 Å². The molecule has 2 aromatic carbocycles. The van der Waals surface area contributed by atoms with Crippen molar-refractivity contribution in [2.45, 2.75) is 31.8 Å². The van der Waals surface area contributed by atoms with Gasteiger partial charge in [-0.05, 0) is 37.5 Å². The van der Waals surface area contributed by atoms with Crippen molar-refractivity contribution < 1.29 is 13.2 Å². The van der Waals surface area contributed by atoms with Gasteiger partial charge in [0.25, 0.3) is 0 Å². The third-order valence-electron chi connectivity index (χ3n) is 5.32. The molecule has 152 valence electrons. The molecule has 2 aliphatic rings. The Hall–Kier alpha value is -2.12. The van der Waals surface area contributed by atoms with Gasteiger partial charge >= 0.3 is 0 Å². The molecule has 29 heavy (non-hydrogen) atoms. The van der Waals surface area contributed by atoms with E-state index in [1.54, 1.807) is 24.8 Å². The van der Waals surface area contributed by atoms with E-state index >= 15 is 0 Å². The first-order chi connectivity index (χ1) is 13.9. The normalized spacial score (nSPS) is 22.4.